The number of nitriles is 1. The number of nitrogens with zero attached hydrogens (tertiary/aromatic N) is 2. The zero-order valence-electron chi connectivity index (χ0n) is 8.74. The van der Waals surface area contributed by atoms with Gasteiger partial charge in [-0.3, -0.25) is 0 Å². The molecule has 74 valence electrons. The lowest BCUT2D eigenvalue weighted by atomic mass is 10.1. The van der Waals surface area contributed by atoms with Crippen LogP contribution in [-0.2, 0) is 0 Å². The lowest BCUT2D eigenvalue weighted by Crippen LogP contribution is -2.27. The summed E-state index contributed by atoms with van der Waals surface area (Å²) in [6.07, 6.45) is 0.894. The van der Waals surface area contributed by atoms with Crippen LogP contribution >= 0.6 is 0 Å². The molecule has 0 spiro atoms. The van der Waals surface area contributed by atoms with Gasteiger partial charge in [0.25, 0.3) is 0 Å². The molecule has 0 fully saturated rings. The monoisotopic (exact) mass is 190 g/mol. The summed E-state index contributed by atoms with van der Waals surface area (Å²) in [5.41, 5.74) is 0.149. The third kappa shape index (κ3) is 2.74. The summed E-state index contributed by atoms with van der Waals surface area (Å²) in [7, 11) is 0. The van der Waals surface area contributed by atoms with Gasteiger partial charge in [0.15, 0.2) is 0 Å². The van der Waals surface area contributed by atoms with Crippen LogP contribution in [0.4, 0.5) is 0 Å². The van der Waals surface area contributed by atoms with Crippen LogP contribution in [0.2, 0.25) is 0 Å². The molecule has 3 heteroatoms. The van der Waals surface area contributed by atoms with Crippen molar-refractivity contribution in [1.29, 1.82) is 5.26 Å². The molecule has 0 aliphatic heterocycles. The molecule has 0 amide bonds. The van der Waals surface area contributed by atoms with Gasteiger partial charge in [-0.2, -0.15) is 5.26 Å². The lowest BCUT2D eigenvalue weighted by molar-refractivity contribution is 0.0989. The van der Waals surface area contributed by atoms with E-state index in [1.165, 1.54) is 0 Å². The molecule has 0 aliphatic carbocycles. The minimum atomic E-state index is -0.235. The first kappa shape index (κ1) is 10.5. The Labute approximate surface area is 84.3 Å². The zero-order chi connectivity index (χ0) is 10.6. The maximum atomic E-state index is 8.65. The van der Waals surface area contributed by atoms with Gasteiger partial charge < -0.3 is 4.74 Å². The van der Waals surface area contributed by atoms with E-state index in [-0.39, 0.29) is 5.60 Å². The number of pyridine rings is 1. The molecular formula is C11H14N2O. The summed E-state index contributed by atoms with van der Waals surface area (Å²) in [5, 5.41) is 8.65. The Morgan fingerprint density at radius 3 is 2.79 bits per heavy atom. The first-order chi connectivity index (χ1) is 6.57. The molecule has 0 saturated heterocycles. The number of hydrogen-bond acceptors (Lipinski definition) is 3. The number of rotatable bonds is 3. The van der Waals surface area contributed by atoms with E-state index in [1.807, 2.05) is 26.8 Å². The average molecular weight is 190 g/mol. The quantitative estimate of drug-likeness (QED) is 0.735. The van der Waals surface area contributed by atoms with Crippen LogP contribution in [0.1, 0.15) is 32.9 Å². The number of ether oxygens (including phenoxy) is 1. The molecule has 0 radical (unpaired) electrons. The zero-order valence-corrected chi connectivity index (χ0v) is 8.74. The smallest absolute Gasteiger partial charge is 0.214 e. The second-order valence-electron chi connectivity index (χ2n) is 3.69. The highest BCUT2D eigenvalue weighted by Gasteiger charge is 2.17. The molecule has 14 heavy (non-hydrogen) atoms. The molecule has 1 aromatic heterocycles. The van der Waals surface area contributed by atoms with E-state index in [0.29, 0.717) is 11.6 Å². The van der Waals surface area contributed by atoms with Gasteiger partial charge in [0.1, 0.15) is 17.4 Å². The first-order valence-electron chi connectivity index (χ1n) is 4.63. The summed E-state index contributed by atoms with van der Waals surface area (Å²) >= 11 is 0. The molecular weight excluding hydrogens is 176 g/mol. The van der Waals surface area contributed by atoms with Crippen molar-refractivity contribution in [3.63, 3.8) is 0 Å². The van der Waals surface area contributed by atoms with Crippen molar-refractivity contribution in [2.24, 2.45) is 0 Å². The molecule has 3 nitrogen and oxygen atoms in total. The van der Waals surface area contributed by atoms with E-state index in [4.69, 9.17) is 10.00 Å². The van der Waals surface area contributed by atoms with Crippen molar-refractivity contribution in [3.8, 4) is 11.9 Å². The van der Waals surface area contributed by atoms with Crippen LogP contribution in [0, 0.1) is 11.3 Å². The minimum Gasteiger partial charge on any atom is -0.472 e. The average Bonchev–Trinajstić information content (AvgIpc) is 2.17. The predicted molar refractivity (Wildman–Crippen MR) is 54.0 cm³/mol. The van der Waals surface area contributed by atoms with Gasteiger partial charge in [-0.1, -0.05) is 13.0 Å². The normalized spacial score (nSPS) is 10.7. The highest BCUT2D eigenvalue weighted by Crippen LogP contribution is 2.18. The Kier molecular flexibility index (Phi) is 3.08. The van der Waals surface area contributed by atoms with Crippen LogP contribution in [0.25, 0.3) is 0 Å². The molecule has 0 aromatic carbocycles. The Morgan fingerprint density at radius 2 is 2.21 bits per heavy atom. The van der Waals surface area contributed by atoms with Crippen molar-refractivity contribution in [1.82, 2.24) is 4.98 Å². The molecule has 1 heterocycles. The molecule has 1 rings (SSSR count). The van der Waals surface area contributed by atoms with Crippen molar-refractivity contribution in [2.45, 2.75) is 32.8 Å². The molecule has 0 N–H and O–H groups in total. The van der Waals surface area contributed by atoms with Gasteiger partial charge >= 0.3 is 0 Å². The maximum Gasteiger partial charge on any atom is 0.214 e. The summed E-state index contributed by atoms with van der Waals surface area (Å²) in [5.74, 6) is 0.510. The van der Waals surface area contributed by atoms with Gasteiger partial charge in [-0.15, -0.1) is 0 Å². The standard InChI is InChI=1S/C11H14N2O/c1-4-11(2,3)14-10-7-5-6-9(8-12)13-10/h5-7H,4H2,1-3H3. The highest BCUT2D eigenvalue weighted by atomic mass is 16.5. The van der Waals surface area contributed by atoms with Gasteiger partial charge in [-0.25, -0.2) is 4.98 Å². The Bertz CT molecular complexity index is 353. The van der Waals surface area contributed by atoms with Crippen molar-refractivity contribution in [2.75, 3.05) is 0 Å². The second kappa shape index (κ2) is 4.10. The fourth-order valence-electron chi connectivity index (χ4n) is 0.889. The van der Waals surface area contributed by atoms with Crippen LogP contribution in [0.5, 0.6) is 5.88 Å². The fourth-order valence-corrected chi connectivity index (χ4v) is 0.889. The van der Waals surface area contributed by atoms with Crippen molar-refractivity contribution in [3.05, 3.63) is 23.9 Å². The summed E-state index contributed by atoms with van der Waals surface area (Å²) in [6.45, 7) is 6.04. The summed E-state index contributed by atoms with van der Waals surface area (Å²) < 4.78 is 5.63. The number of aromatic nitrogens is 1. The van der Waals surface area contributed by atoms with E-state index in [2.05, 4.69) is 4.98 Å². The third-order valence-corrected chi connectivity index (χ3v) is 2.07. The van der Waals surface area contributed by atoms with E-state index in [0.717, 1.165) is 6.42 Å². The van der Waals surface area contributed by atoms with Crippen LogP contribution in [0.3, 0.4) is 0 Å². The van der Waals surface area contributed by atoms with Gasteiger partial charge in [0, 0.05) is 6.07 Å². The van der Waals surface area contributed by atoms with Crippen molar-refractivity contribution >= 4 is 0 Å². The SMILES string of the molecule is CCC(C)(C)Oc1cccc(C#N)n1. The van der Waals surface area contributed by atoms with Gasteiger partial charge in [0.2, 0.25) is 5.88 Å². The molecule has 0 bridgehead atoms. The highest BCUT2D eigenvalue weighted by molar-refractivity contribution is 5.25. The summed E-state index contributed by atoms with van der Waals surface area (Å²) in [6, 6.07) is 7.17. The van der Waals surface area contributed by atoms with E-state index < -0.39 is 0 Å². The molecule has 0 aliphatic rings. The van der Waals surface area contributed by atoms with E-state index >= 15 is 0 Å². The summed E-state index contributed by atoms with van der Waals surface area (Å²) in [4.78, 5) is 4.04. The minimum absolute atomic E-state index is 0.235. The molecule has 0 saturated carbocycles. The van der Waals surface area contributed by atoms with E-state index in [1.54, 1.807) is 18.2 Å². The van der Waals surface area contributed by atoms with Crippen LogP contribution < -0.4 is 4.74 Å². The number of hydrogen-bond donors (Lipinski definition) is 0. The molecule has 0 unspecified atom stereocenters. The van der Waals surface area contributed by atoms with Crippen LogP contribution in [-0.4, -0.2) is 10.6 Å². The lowest BCUT2D eigenvalue weighted by Gasteiger charge is -2.23. The largest absolute Gasteiger partial charge is 0.472 e. The van der Waals surface area contributed by atoms with Crippen LogP contribution in [0.15, 0.2) is 18.2 Å². The van der Waals surface area contributed by atoms with E-state index in [9.17, 15) is 0 Å². The Balaban J connectivity index is 2.83. The first-order valence-corrected chi connectivity index (χ1v) is 4.63. The Morgan fingerprint density at radius 1 is 1.50 bits per heavy atom. The second-order valence-corrected chi connectivity index (χ2v) is 3.69. The molecule has 0 atom stereocenters. The third-order valence-electron chi connectivity index (χ3n) is 2.07. The Hall–Kier alpha value is -1.56. The fraction of sp³-hybridized carbons (Fsp3) is 0.455. The van der Waals surface area contributed by atoms with Gasteiger partial charge in [0.05, 0.1) is 0 Å². The van der Waals surface area contributed by atoms with Gasteiger partial charge in [-0.05, 0) is 26.3 Å². The van der Waals surface area contributed by atoms with Crippen molar-refractivity contribution < 1.29 is 4.74 Å². The predicted octanol–water partition coefficient (Wildman–Crippen LogP) is 2.52. The topological polar surface area (TPSA) is 45.9 Å². The molecule has 1 aromatic rings. The maximum absolute atomic E-state index is 8.65.